The molecule has 17 heavy (non-hydrogen) atoms. The first kappa shape index (κ1) is 14.4. The highest BCUT2D eigenvalue weighted by Crippen LogP contribution is 2.11. The van der Waals surface area contributed by atoms with Crippen molar-refractivity contribution in [3.63, 3.8) is 0 Å². The average Bonchev–Trinajstić information content (AvgIpc) is 2.36. The van der Waals surface area contributed by atoms with Crippen LogP contribution in [0.15, 0.2) is 17.6 Å². The highest BCUT2D eigenvalue weighted by Gasteiger charge is 1.97. The minimum absolute atomic E-state index is 0.517. The van der Waals surface area contributed by atoms with E-state index in [-0.39, 0.29) is 0 Å². The molecule has 1 aromatic rings. The lowest BCUT2D eigenvalue weighted by Crippen LogP contribution is -2.12. The Kier molecular flexibility index (Phi) is 7.91. The number of hydrogen-bond donors (Lipinski definition) is 1. The quantitative estimate of drug-likeness (QED) is 0.405. The molecular formula is C11H19N3O2S. The molecule has 0 saturated heterocycles. The van der Waals surface area contributed by atoms with Crippen LogP contribution in [-0.2, 0) is 16.1 Å². The molecule has 0 fully saturated rings. The van der Waals surface area contributed by atoms with Gasteiger partial charge in [-0.15, -0.1) is 0 Å². The molecule has 5 nitrogen and oxygen atoms in total. The summed E-state index contributed by atoms with van der Waals surface area (Å²) in [5, 5.41) is 0.808. The van der Waals surface area contributed by atoms with Crippen LogP contribution < -0.4 is 5.73 Å². The van der Waals surface area contributed by atoms with Crippen molar-refractivity contribution in [3.8, 4) is 0 Å². The molecule has 2 N–H and O–H groups in total. The molecule has 0 radical (unpaired) electrons. The smallest absolute Gasteiger partial charge is 0.187 e. The van der Waals surface area contributed by atoms with E-state index >= 15 is 0 Å². The topological polar surface area (TPSA) is 70.3 Å². The molecule has 0 aliphatic rings. The highest BCUT2D eigenvalue weighted by atomic mass is 32.2. The van der Waals surface area contributed by atoms with Gasteiger partial charge in [-0.1, -0.05) is 18.7 Å². The van der Waals surface area contributed by atoms with Gasteiger partial charge in [-0.05, 0) is 5.75 Å². The number of hydrogen-bond acceptors (Lipinski definition) is 6. The number of nitrogens with two attached hydrogens (primary N) is 1. The van der Waals surface area contributed by atoms with Gasteiger partial charge in [-0.25, -0.2) is 9.97 Å². The van der Waals surface area contributed by atoms with Crippen molar-refractivity contribution in [2.24, 2.45) is 5.73 Å². The van der Waals surface area contributed by atoms with Crippen LogP contribution >= 0.6 is 11.8 Å². The normalized spacial score (nSPS) is 10.7. The zero-order valence-corrected chi connectivity index (χ0v) is 10.9. The maximum absolute atomic E-state index is 5.41. The fraction of sp³-hybridized carbons (Fsp3) is 0.636. The molecule has 6 heteroatoms. The highest BCUT2D eigenvalue weighted by molar-refractivity contribution is 7.99. The first-order valence-corrected chi connectivity index (χ1v) is 6.64. The number of ether oxygens (including phenoxy) is 2. The van der Waals surface area contributed by atoms with Gasteiger partial charge in [0.15, 0.2) is 5.16 Å². The van der Waals surface area contributed by atoms with Crippen molar-refractivity contribution < 1.29 is 9.47 Å². The first-order valence-electron chi connectivity index (χ1n) is 5.66. The van der Waals surface area contributed by atoms with Gasteiger partial charge in [0.05, 0.1) is 26.4 Å². The Bertz CT molecular complexity index is 295. The van der Waals surface area contributed by atoms with Crippen molar-refractivity contribution in [2.75, 3.05) is 32.1 Å². The van der Waals surface area contributed by atoms with Crippen LogP contribution in [0.5, 0.6) is 0 Å². The van der Waals surface area contributed by atoms with E-state index < -0.39 is 0 Å². The summed E-state index contributed by atoms with van der Waals surface area (Å²) in [6.45, 7) is 4.85. The van der Waals surface area contributed by atoms with E-state index in [1.807, 2.05) is 0 Å². The van der Waals surface area contributed by atoms with Crippen LogP contribution in [0.3, 0.4) is 0 Å². The van der Waals surface area contributed by atoms with Crippen molar-refractivity contribution in [1.29, 1.82) is 0 Å². The summed E-state index contributed by atoms with van der Waals surface area (Å²) in [6.07, 6.45) is 3.59. The van der Waals surface area contributed by atoms with E-state index in [1.54, 1.807) is 24.2 Å². The zero-order chi connectivity index (χ0) is 12.3. The van der Waals surface area contributed by atoms with Gasteiger partial charge in [-0.3, -0.25) is 0 Å². The number of aromatic nitrogens is 2. The van der Waals surface area contributed by atoms with E-state index in [4.69, 9.17) is 15.2 Å². The van der Waals surface area contributed by atoms with E-state index in [0.29, 0.717) is 33.0 Å². The van der Waals surface area contributed by atoms with Crippen LogP contribution in [-0.4, -0.2) is 42.1 Å². The van der Waals surface area contributed by atoms with E-state index in [9.17, 15) is 0 Å². The zero-order valence-electron chi connectivity index (χ0n) is 10.1. The van der Waals surface area contributed by atoms with E-state index in [0.717, 1.165) is 16.5 Å². The molecule has 0 aliphatic heterocycles. The molecule has 1 heterocycles. The fourth-order valence-electron chi connectivity index (χ4n) is 1.11. The molecule has 1 aromatic heterocycles. The summed E-state index contributed by atoms with van der Waals surface area (Å²) in [7, 11) is 0. The Balaban J connectivity index is 2.14. The minimum atomic E-state index is 0.517. The lowest BCUT2D eigenvalue weighted by atomic mass is 10.4. The van der Waals surface area contributed by atoms with Gasteiger partial charge in [-0.2, -0.15) is 0 Å². The fourth-order valence-corrected chi connectivity index (χ4v) is 1.63. The van der Waals surface area contributed by atoms with Gasteiger partial charge < -0.3 is 15.2 Å². The van der Waals surface area contributed by atoms with Crippen LogP contribution in [0.2, 0.25) is 0 Å². The van der Waals surface area contributed by atoms with Crippen molar-refractivity contribution >= 4 is 11.8 Å². The maximum Gasteiger partial charge on any atom is 0.187 e. The summed E-state index contributed by atoms with van der Waals surface area (Å²) in [5.74, 6) is 0.980. The summed E-state index contributed by atoms with van der Waals surface area (Å²) in [5.41, 5.74) is 6.26. The lowest BCUT2D eigenvalue weighted by Gasteiger charge is -2.05. The van der Waals surface area contributed by atoms with Gasteiger partial charge in [0, 0.05) is 24.5 Å². The summed E-state index contributed by atoms with van der Waals surface area (Å²) in [4.78, 5) is 8.44. The van der Waals surface area contributed by atoms with Crippen LogP contribution in [0.25, 0.3) is 0 Å². The molecule has 0 amide bonds. The minimum Gasteiger partial charge on any atom is -0.378 e. The van der Waals surface area contributed by atoms with Gasteiger partial charge in [0.25, 0.3) is 0 Å². The van der Waals surface area contributed by atoms with Crippen LogP contribution in [0.4, 0.5) is 0 Å². The van der Waals surface area contributed by atoms with Gasteiger partial charge in [0.2, 0.25) is 0 Å². The Morgan fingerprint density at radius 3 is 2.53 bits per heavy atom. The molecule has 0 unspecified atom stereocenters. The number of rotatable bonds is 9. The Morgan fingerprint density at radius 2 is 1.88 bits per heavy atom. The third kappa shape index (κ3) is 6.58. The van der Waals surface area contributed by atoms with E-state index in [1.165, 1.54) is 0 Å². The largest absolute Gasteiger partial charge is 0.378 e. The molecule has 0 aliphatic carbocycles. The van der Waals surface area contributed by atoms with Crippen LogP contribution in [0.1, 0.15) is 12.5 Å². The van der Waals surface area contributed by atoms with Crippen molar-refractivity contribution in [3.05, 3.63) is 18.0 Å². The predicted octanol–water partition coefficient (Wildman–Crippen LogP) is 1.08. The SMILES string of the molecule is CCSc1ncc(COCCOCCN)cn1. The second kappa shape index (κ2) is 9.35. The molecule has 96 valence electrons. The molecular weight excluding hydrogens is 238 g/mol. The molecule has 1 rings (SSSR count). The third-order valence-electron chi connectivity index (χ3n) is 1.86. The monoisotopic (exact) mass is 257 g/mol. The standard InChI is InChI=1S/C11H19N3O2S/c1-2-17-11-13-7-10(8-14-11)9-16-6-5-15-4-3-12/h7-8H,2-6,9,12H2,1H3. The van der Waals surface area contributed by atoms with Gasteiger partial charge in [0.1, 0.15) is 0 Å². The van der Waals surface area contributed by atoms with E-state index in [2.05, 4.69) is 16.9 Å². The summed E-state index contributed by atoms with van der Waals surface area (Å²) < 4.78 is 10.6. The Labute approximate surface area is 106 Å². The van der Waals surface area contributed by atoms with Crippen molar-refractivity contribution in [2.45, 2.75) is 18.7 Å². The lowest BCUT2D eigenvalue weighted by molar-refractivity contribution is 0.0431. The second-order valence-electron chi connectivity index (χ2n) is 3.26. The number of nitrogens with zero attached hydrogens (tertiary/aromatic N) is 2. The Hall–Kier alpha value is -0.690. The van der Waals surface area contributed by atoms with Gasteiger partial charge >= 0.3 is 0 Å². The predicted molar refractivity (Wildman–Crippen MR) is 68.0 cm³/mol. The molecule has 0 aromatic carbocycles. The molecule has 0 spiro atoms. The summed E-state index contributed by atoms with van der Waals surface area (Å²) >= 11 is 1.63. The molecule has 0 bridgehead atoms. The molecule has 0 atom stereocenters. The maximum atomic E-state index is 5.41. The summed E-state index contributed by atoms with van der Waals surface area (Å²) in [6, 6.07) is 0. The van der Waals surface area contributed by atoms with Crippen molar-refractivity contribution in [1.82, 2.24) is 9.97 Å². The second-order valence-corrected chi connectivity index (χ2v) is 4.49. The first-order chi connectivity index (χ1) is 8.36. The van der Waals surface area contributed by atoms with Crippen LogP contribution in [0, 0.1) is 0 Å². The molecule has 0 saturated carbocycles. The third-order valence-corrected chi connectivity index (χ3v) is 2.62. The number of thioether (sulfide) groups is 1. The Morgan fingerprint density at radius 1 is 1.18 bits per heavy atom. The average molecular weight is 257 g/mol.